The van der Waals surface area contributed by atoms with Gasteiger partial charge in [-0.1, -0.05) is 0 Å². The van der Waals surface area contributed by atoms with Gasteiger partial charge in [0.2, 0.25) is 11.8 Å². The summed E-state index contributed by atoms with van der Waals surface area (Å²) in [6.07, 6.45) is -1.84. The molecule has 41 heavy (non-hydrogen) atoms. The number of hydrogen-bond donors (Lipinski definition) is 3. The van der Waals surface area contributed by atoms with Gasteiger partial charge in [-0.15, -0.1) is 0 Å². The van der Waals surface area contributed by atoms with Crippen LogP contribution in [0.4, 0.5) is 34.9 Å². The zero-order chi connectivity index (χ0) is 29.0. The number of halogens is 4. The van der Waals surface area contributed by atoms with Crippen molar-refractivity contribution in [2.45, 2.75) is 6.18 Å². The number of rotatable bonds is 7. The van der Waals surface area contributed by atoms with Crippen molar-refractivity contribution >= 4 is 23.2 Å². The molecule has 1 amide bonds. The topological polar surface area (TPSA) is 117 Å². The lowest BCUT2D eigenvalue weighted by Gasteiger charge is -2.31. The third-order valence-electron chi connectivity index (χ3n) is 6.23. The number of benzene rings is 2. The Morgan fingerprint density at radius 1 is 1.05 bits per heavy atom. The van der Waals surface area contributed by atoms with Gasteiger partial charge in [0, 0.05) is 39.4 Å². The fraction of sp³-hybridized carbons (Fsp3) is 0.222. The maximum Gasteiger partial charge on any atom is 0.416 e. The van der Waals surface area contributed by atoms with Crippen LogP contribution in [0.25, 0.3) is 11.4 Å². The van der Waals surface area contributed by atoms with E-state index >= 15 is 0 Å². The number of carbonyl (C=O) groups is 1. The number of nitrogens with one attached hydrogen (secondary N) is 3. The summed E-state index contributed by atoms with van der Waals surface area (Å²) in [6, 6.07) is 9.90. The van der Waals surface area contributed by atoms with E-state index in [9.17, 15) is 22.4 Å². The van der Waals surface area contributed by atoms with Crippen LogP contribution in [0.2, 0.25) is 0 Å². The van der Waals surface area contributed by atoms with Crippen molar-refractivity contribution < 1.29 is 27.1 Å². The number of carbonyl (C=O) groups excluding carboxylic acids is 1. The molecule has 0 bridgehead atoms. The molecule has 0 unspecified atom stereocenters. The maximum absolute atomic E-state index is 14.8. The Kier molecular flexibility index (Phi) is 7.92. The zero-order valence-corrected chi connectivity index (χ0v) is 21.7. The monoisotopic (exact) mass is 568 g/mol. The Morgan fingerprint density at radius 2 is 1.85 bits per heavy atom. The highest BCUT2D eigenvalue weighted by Gasteiger charge is 2.32. The quantitative estimate of drug-likeness (QED) is 0.275. The molecule has 0 spiro atoms. The van der Waals surface area contributed by atoms with Crippen molar-refractivity contribution in [3.63, 3.8) is 0 Å². The molecule has 14 heteroatoms. The first-order valence-corrected chi connectivity index (χ1v) is 12.5. The Morgan fingerprint density at radius 3 is 2.61 bits per heavy atom. The average molecular weight is 569 g/mol. The smallest absolute Gasteiger partial charge is 0.416 e. The van der Waals surface area contributed by atoms with Crippen LogP contribution in [-0.2, 0) is 6.18 Å². The minimum atomic E-state index is -4.63. The molecule has 5 rings (SSSR count). The summed E-state index contributed by atoms with van der Waals surface area (Å²) in [6.45, 7) is 2.29. The van der Waals surface area contributed by atoms with Crippen LogP contribution in [0.3, 0.4) is 0 Å². The molecule has 3 N–H and O–H groups in total. The molecule has 1 aliphatic heterocycles. The van der Waals surface area contributed by atoms with Gasteiger partial charge in [0.05, 0.1) is 28.1 Å². The van der Waals surface area contributed by atoms with Crippen LogP contribution in [0.15, 0.2) is 61.1 Å². The Hall–Kier alpha value is -4.85. The minimum Gasteiger partial charge on any atom is -0.438 e. The highest BCUT2D eigenvalue weighted by atomic mass is 19.4. The fourth-order valence-electron chi connectivity index (χ4n) is 4.23. The van der Waals surface area contributed by atoms with Crippen LogP contribution in [0.5, 0.6) is 11.6 Å². The van der Waals surface area contributed by atoms with E-state index in [1.165, 1.54) is 24.7 Å². The van der Waals surface area contributed by atoms with Crippen molar-refractivity contribution in [2.75, 3.05) is 48.8 Å². The number of piperazine rings is 1. The molecule has 2 aromatic heterocycles. The van der Waals surface area contributed by atoms with Gasteiger partial charge in [-0.2, -0.15) is 18.2 Å². The second-order valence-corrected chi connectivity index (χ2v) is 8.90. The number of pyridine rings is 1. The van der Waals surface area contributed by atoms with Gasteiger partial charge in [0.25, 0.3) is 5.91 Å². The van der Waals surface area contributed by atoms with Gasteiger partial charge in [0.1, 0.15) is 17.9 Å². The molecule has 10 nitrogen and oxygen atoms in total. The fourth-order valence-corrected chi connectivity index (χ4v) is 4.23. The van der Waals surface area contributed by atoms with Crippen molar-refractivity contribution in [3.05, 3.63) is 78.0 Å². The molecule has 0 aliphatic carbocycles. The molecule has 4 aromatic rings. The highest BCUT2D eigenvalue weighted by molar-refractivity contribution is 6.06. The largest absolute Gasteiger partial charge is 0.438 e. The Balaban J connectivity index is 1.44. The van der Waals surface area contributed by atoms with E-state index in [1.807, 2.05) is 4.90 Å². The normalized spacial score (nSPS) is 13.5. The van der Waals surface area contributed by atoms with Crippen LogP contribution in [0, 0.1) is 5.82 Å². The van der Waals surface area contributed by atoms with E-state index in [4.69, 9.17) is 4.74 Å². The number of nitrogens with zero attached hydrogens (tertiary/aromatic N) is 5. The van der Waals surface area contributed by atoms with Crippen LogP contribution < -0.4 is 25.6 Å². The minimum absolute atomic E-state index is 0.0609. The van der Waals surface area contributed by atoms with E-state index < -0.39 is 29.0 Å². The van der Waals surface area contributed by atoms with E-state index in [2.05, 4.69) is 35.9 Å². The molecule has 1 aliphatic rings. The van der Waals surface area contributed by atoms with E-state index in [1.54, 1.807) is 19.2 Å². The van der Waals surface area contributed by atoms with Gasteiger partial charge < -0.3 is 25.6 Å². The van der Waals surface area contributed by atoms with Gasteiger partial charge in [-0.25, -0.2) is 19.3 Å². The number of amides is 1. The average Bonchev–Trinajstić information content (AvgIpc) is 2.98. The Labute approximate surface area is 231 Å². The van der Waals surface area contributed by atoms with E-state index in [0.29, 0.717) is 43.4 Å². The van der Waals surface area contributed by atoms with Crippen molar-refractivity contribution in [1.82, 2.24) is 25.3 Å². The predicted octanol–water partition coefficient (Wildman–Crippen LogP) is 4.59. The summed E-state index contributed by atoms with van der Waals surface area (Å²) in [5, 5.41) is 8.45. The number of alkyl halides is 3. The standard InChI is InChI=1S/C27H24F4N8O2/c1-32-26-36-15-35-23(38-26)18-3-2-8-34-25(18)41-17-5-6-20(28)19(14-17)24(40)37-21-13-16(27(29,30)31)4-7-22(21)39-11-9-33-10-12-39/h2-8,13-15,33H,9-12H2,1H3,(H,37,40)(H,32,35,36,38). The van der Waals surface area contributed by atoms with Gasteiger partial charge in [-0.05, 0) is 48.5 Å². The summed E-state index contributed by atoms with van der Waals surface area (Å²) in [7, 11) is 1.65. The van der Waals surface area contributed by atoms with Crippen LogP contribution >= 0.6 is 0 Å². The molecule has 1 saturated heterocycles. The van der Waals surface area contributed by atoms with E-state index in [-0.39, 0.29) is 23.1 Å². The molecular weight excluding hydrogens is 544 g/mol. The SMILES string of the molecule is CNc1ncnc(-c2cccnc2Oc2ccc(F)c(C(=O)Nc3cc(C(F)(F)F)ccc3N3CCNCC3)c2)n1. The number of aromatic nitrogens is 4. The predicted molar refractivity (Wildman–Crippen MR) is 144 cm³/mol. The summed E-state index contributed by atoms with van der Waals surface area (Å²) >= 11 is 0. The van der Waals surface area contributed by atoms with Crippen LogP contribution in [0.1, 0.15) is 15.9 Å². The van der Waals surface area contributed by atoms with Crippen LogP contribution in [-0.4, -0.2) is 59.1 Å². The third kappa shape index (κ3) is 6.32. The highest BCUT2D eigenvalue weighted by Crippen LogP contribution is 2.36. The molecule has 0 radical (unpaired) electrons. The lowest BCUT2D eigenvalue weighted by atomic mass is 10.1. The van der Waals surface area contributed by atoms with Gasteiger partial charge >= 0.3 is 6.18 Å². The second-order valence-electron chi connectivity index (χ2n) is 8.90. The van der Waals surface area contributed by atoms with Crippen molar-refractivity contribution in [2.24, 2.45) is 0 Å². The molecular formula is C27H24F4N8O2. The molecule has 0 saturated carbocycles. The first-order valence-electron chi connectivity index (χ1n) is 12.5. The van der Waals surface area contributed by atoms with Crippen molar-refractivity contribution in [1.29, 1.82) is 0 Å². The summed E-state index contributed by atoms with van der Waals surface area (Å²) in [4.78, 5) is 31.7. The molecule has 0 atom stereocenters. The Bertz CT molecular complexity index is 1560. The van der Waals surface area contributed by atoms with Crippen molar-refractivity contribution in [3.8, 4) is 23.0 Å². The molecule has 2 aromatic carbocycles. The maximum atomic E-state index is 14.8. The van der Waals surface area contributed by atoms with Gasteiger partial charge in [0.15, 0.2) is 5.82 Å². The van der Waals surface area contributed by atoms with E-state index in [0.717, 1.165) is 24.3 Å². The van der Waals surface area contributed by atoms with Gasteiger partial charge in [-0.3, -0.25) is 4.79 Å². The lowest BCUT2D eigenvalue weighted by Crippen LogP contribution is -2.43. The third-order valence-corrected chi connectivity index (χ3v) is 6.23. The first-order chi connectivity index (χ1) is 19.7. The second kappa shape index (κ2) is 11.7. The zero-order valence-electron chi connectivity index (χ0n) is 21.7. The summed E-state index contributed by atoms with van der Waals surface area (Å²) < 4.78 is 61.2. The molecule has 1 fully saturated rings. The summed E-state index contributed by atoms with van der Waals surface area (Å²) in [5.41, 5.74) is -0.643. The number of ether oxygens (including phenoxy) is 1. The molecule has 3 heterocycles. The first kappa shape index (κ1) is 27.7. The molecule has 212 valence electrons. The number of anilines is 3. The lowest BCUT2D eigenvalue weighted by molar-refractivity contribution is -0.137. The number of hydrogen-bond acceptors (Lipinski definition) is 9. The summed E-state index contributed by atoms with van der Waals surface area (Å²) in [5.74, 6) is -1.11.